The summed E-state index contributed by atoms with van der Waals surface area (Å²) in [4.78, 5) is 24.1. The molecule has 0 heterocycles. The maximum Gasteiger partial charge on any atom is 0.306 e. The van der Waals surface area contributed by atoms with E-state index >= 15 is 0 Å². The first-order valence-electron chi connectivity index (χ1n) is 9.23. The van der Waals surface area contributed by atoms with E-state index in [0.717, 1.165) is 18.8 Å². The van der Waals surface area contributed by atoms with Crippen LogP contribution in [0.25, 0.3) is 0 Å². The van der Waals surface area contributed by atoms with Crippen LogP contribution in [0.2, 0.25) is 0 Å². The van der Waals surface area contributed by atoms with Crippen LogP contribution >= 0.6 is 0 Å². The first-order valence-corrected chi connectivity index (χ1v) is 9.23. The van der Waals surface area contributed by atoms with Crippen molar-refractivity contribution in [2.75, 3.05) is 12.4 Å². The molecule has 1 N–H and O–H groups in total. The zero-order valence-electron chi connectivity index (χ0n) is 15.3. The van der Waals surface area contributed by atoms with E-state index < -0.39 is 6.10 Å². The summed E-state index contributed by atoms with van der Waals surface area (Å²) in [5.41, 5.74) is 0.565. The molecule has 1 aliphatic rings. The molecule has 5 nitrogen and oxygen atoms in total. The molecule has 0 radical (unpaired) electrons. The van der Waals surface area contributed by atoms with Gasteiger partial charge < -0.3 is 14.8 Å². The Morgan fingerprint density at radius 2 is 1.92 bits per heavy atom. The number of rotatable bonds is 8. The van der Waals surface area contributed by atoms with E-state index in [-0.39, 0.29) is 11.9 Å². The zero-order valence-corrected chi connectivity index (χ0v) is 15.3. The third-order valence-electron chi connectivity index (χ3n) is 4.76. The molecule has 0 saturated heterocycles. The predicted octanol–water partition coefficient (Wildman–Crippen LogP) is 4.32. The Morgan fingerprint density at radius 3 is 2.64 bits per heavy atom. The minimum absolute atomic E-state index is 0.307. The molecule has 0 aromatic heterocycles. The van der Waals surface area contributed by atoms with Crippen LogP contribution in [-0.4, -0.2) is 25.1 Å². The lowest BCUT2D eigenvalue weighted by Crippen LogP contribution is -2.30. The Bertz CT molecular complexity index is 567. The molecule has 0 spiro atoms. The lowest BCUT2D eigenvalue weighted by Gasteiger charge is -2.21. The maximum atomic E-state index is 12.2. The number of carbonyl (C=O) groups excluding carboxylic acids is 2. The summed E-state index contributed by atoms with van der Waals surface area (Å²) < 4.78 is 10.5. The van der Waals surface area contributed by atoms with Crippen LogP contribution in [0.4, 0.5) is 5.69 Å². The first-order chi connectivity index (χ1) is 12.1. The van der Waals surface area contributed by atoms with Gasteiger partial charge in [-0.15, -0.1) is 0 Å². The summed E-state index contributed by atoms with van der Waals surface area (Å²) in [6.07, 6.45) is 8.01. The molecule has 1 aromatic carbocycles. The second kappa shape index (κ2) is 10.1. The molecule has 0 unspecified atom stereocenters. The zero-order chi connectivity index (χ0) is 18.1. The topological polar surface area (TPSA) is 64.6 Å². The number of ether oxygens (including phenoxy) is 2. The molecule has 1 aliphatic carbocycles. The average Bonchev–Trinajstić information content (AvgIpc) is 2.63. The highest BCUT2D eigenvalue weighted by molar-refractivity contribution is 5.96. The molecule has 2 rings (SSSR count). The van der Waals surface area contributed by atoms with E-state index in [9.17, 15) is 9.59 Å². The third-order valence-corrected chi connectivity index (χ3v) is 4.76. The fourth-order valence-corrected chi connectivity index (χ4v) is 3.30. The summed E-state index contributed by atoms with van der Waals surface area (Å²) in [6.45, 7) is 1.59. The van der Waals surface area contributed by atoms with Crippen LogP contribution in [0.5, 0.6) is 5.75 Å². The molecule has 5 heteroatoms. The van der Waals surface area contributed by atoms with Crippen molar-refractivity contribution in [2.24, 2.45) is 5.92 Å². The molecular formula is C20H29NO4. The lowest BCUT2D eigenvalue weighted by molar-refractivity contribution is -0.153. The monoisotopic (exact) mass is 347 g/mol. The number of methoxy groups -OCH3 is 1. The summed E-state index contributed by atoms with van der Waals surface area (Å²) >= 11 is 0. The second-order valence-corrected chi connectivity index (χ2v) is 6.72. The smallest absolute Gasteiger partial charge is 0.306 e. The Balaban J connectivity index is 1.71. The van der Waals surface area contributed by atoms with Gasteiger partial charge in [0, 0.05) is 6.42 Å². The minimum atomic E-state index is -0.827. The molecular weight excluding hydrogens is 318 g/mol. The Morgan fingerprint density at radius 1 is 1.20 bits per heavy atom. The fraction of sp³-hybridized carbons (Fsp3) is 0.600. The molecule has 1 fully saturated rings. The second-order valence-electron chi connectivity index (χ2n) is 6.72. The maximum absolute atomic E-state index is 12.2. The third kappa shape index (κ3) is 6.40. The van der Waals surface area contributed by atoms with Gasteiger partial charge in [0.25, 0.3) is 5.91 Å². The van der Waals surface area contributed by atoms with Crippen molar-refractivity contribution >= 4 is 17.6 Å². The number of nitrogens with one attached hydrogen (secondary N) is 1. The van der Waals surface area contributed by atoms with Gasteiger partial charge in [-0.05, 0) is 37.8 Å². The number of hydrogen-bond acceptors (Lipinski definition) is 4. The van der Waals surface area contributed by atoms with E-state index in [0.29, 0.717) is 17.9 Å². The van der Waals surface area contributed by atoms with Crippen molar-refractivity contribution < 1.29 is 19.1 Å². The van der Waals surface area contributed by atoms with Gasteiger partial charge in [-0.2, -0.15) is 0 Å². The van der Waals surface area contributed by atoms with Crippen molar-refractivity contribution in [1.29, 1.82) is 0 Å². The summed E-state index contributed by atoms with van der Waals surface area (Å²) in [5, 5.41) is 2.73. The molecule has 1 aromatic rings. The Hall–Kier alpha value is -2.04. The quantitative estimate of drug-likeness (QED) is 0.712. The van der Waals surface area contributed by atoms with Crippen LogP contribution < -0.4 is 10.1 Å². The Kier molecular flexibility index (Phi) is 7.76. The van der Waals surface area contributed by atoms with Gasteiger partial charge >= 0.3 is 5.97 Å². The van der Waals surface area contributed by atoms with E-state index in [2.05, 4.69) is 5.32 Å². The van der Waals surface area contributed by atoms with Gasteiger partial charge in [0.05, 0.1) is 12.8 Å². The van der Waals surface area contributed by atoms with E-state index in [4.69, 9.17) is 9.47 Å². The summed E-state index contributed by atoms with van der Waals surface area (Å²) in [7, 11) is 1.54. The highest BCUT2D eigenvalue weighted by atomic mass is 16.5. The van der Waals surface area contributed by atoms with Crippen molar-refractivity contribution in [2.45, 2.75) is 64.4 Å². The SMILES string of the molecule is COc1ccccc1NC(=O)[C@H](C)OC(=O)CCCC1CCCCC1. The van der Waals surface area contributed by atoms with E-state index in [1.54, 1.807) is 32.2 Å². The van der Waals surface area contributed by atoms with Crippen LogP contribution in [-0.2, 0) is 14.3 Å². The normalized spacial score (nSPS) is 16.1. The lowest BCUT2D eigenvalue weighted by atomic mass is 9.86. The van der Waals surface area contributed by atoms with Crippen molar-refractivity contribution in [3.63, 3.8) is 0 Å². The van der Waals surface area contributed by atoms with Gasteiger partial charge in [-0.1, -0.05) is 44.2 Å². The van der Waals surface area contributed by atoms with Gasteiger partial charge in [0.1, 0.15) is 5.75 Å². The van der Waals surface area contributed by atoms with Crippen molar-refractivity contribution in [3.05, 3.63) is 24.3 Å². The average molecular weight is 347 g/mol. The number of anilines is 1. The number of benzene rings is 1. The molecule has 0 bridgehead atoms. The molecule has 25 heavy (non-hydrogen) atoms. The predicted molar refractivity (Wildman–Crippen MR) is 97.6 cm³/mol. The van der Waals surface area contributed by atoms with Crippen molar-refractivity contribution in [1.82, 2.24) is 0 Å². The molecule has 0 aliphatic heterocycles. The van der Waals surface area contributed by atoms with Crippen LogP contribution in [0.3, 0.4) is 0 Å². The highest BCUT2D eigenvalue weighted by Crippen LogP contribution is 2.28. The van der Waals surface area contributed by atoms with Crippen LogP contribution in [0.1, 0.15) is 58.3 Å². The Labute approximate surface area is 150 Å². The summed E-state index contributed by atoms with van der Waals surface area (Å²) in [6, 6.07) is 7.14. The van der Waals surface area contributed by atoms with Gasteiger partial charge in [-0.3, -0.25) is 9.59 Å². The highest BCUT2D eigenvalue weighted by Gasteiger charge is 2.19. The molecule has 1 atom stereocenters. The van der Waals surface area contributed by atoms with Gasteiger partial charge in [0.15, 0.2) is 6.10 Å². The fourth-order valence-electron chi connectivity index (χ4n) is 3.30. The van der Waals surface area contributed by atoms with Gasteiger partial charge in [-0.25, -0.2) is 0 Å². The minimum Gasteiger partial charge on any atom is -0.495 e. The number of para-hydroxylation sites is 2. The molecule has 1 saturated carbocycles. The van der Waals surface area contributed by atoms with Crippen LogP contribution in [0, 0.1) is 5.92 Å². The largest absolute Gasteiger partial charge is 0.495 e. The summed E-state index contributed by atoms with van der Waals surface area (Å²) in [5.74, 6) is 0.665. The number of esters is 1. The number of carbonyl (C=O) groups is 2. The van der Waals surface area contributed by atoms with E-state index in [1.165, 1.54) is 32.1 Å². The van der Waals surface area contributed by atoms with Crippen LogP contribution in [0.15, 0.2) is 24.3 Å². The molecule has 1 amide bonds. The molecule has 138 valence electrons. The number of amides is 1. The van der Waals surface area contributed by atoms with E-state index in [1.807, 2.05) is 6.07 Å². The standard InChI is InChI=1S/C20H29NO4/c1-15(20(23)21-17-12-6-7-13-18(17)24-2)25-19(22)14-8-11-16-9-4-3-5-10-16/h6-7,12-13,15-16H,3-5,8-11,14H2,1-2H3,(H,21,23)/t15-/m0/s1. The first kappa shape index (κ1) is 19.3. The van der Waals surface area contributed by atoms with Crippen molar-refractivity contribution in [3.8, 4) is 5.75 Å². The number of hydrogen-bond donors (Lipinski definition) is 1. The van der Waals surface area contributed by atoms with Gasteiger partial charge in [0.2, 0.25) is 0 Å².